The highest BCUT2D eigenvalue weighted by atomic mass is 19.4. The van der Waals surface area contributed by atoms with Crippen LogP contribution in [0, 0.1) is 5.82 Å². The van der Waals surface area contributed by atoms with Crippen LogP contribution in [0.1, 0.15) is 18.1 Å². The van der Waals surface area contributed by atoms with Gasteiger partial charge in [0, 0.05) is 0 Å². The SMILES string of the molecule is CCOC(=O)Cc1ccc(F)c(C(F)(F)F)c1. The Balaban J connectivity index is 2.93. The fourth-order valence-electron chi connectivity index (χ4n) is 1.28. The van der Waals surface area contributed by atoms with E-state index in [-0.39, 0.29) is 18.6 Å². The minimum Gasteiger partial charge on any atom is -0.466 e. The van der Waals surface area contributed by atoms with Crippen LogP contribution in [0.3, 0.4) is 0 Å². The van der Waals surface area contributed by atoms with E-state index in [0.717, 1.165) is 6.07 Å². The molecule has 0 aliphatic heterocycles. The van der Waals surface area contributed by atoms with Crippen molar-refractivity contribution in [1.29, 1.82) is 0 Å². The van der Waals surface area contributed by atoms with Crippen LogP contribution < -0.4 is 0 Å². The Labute approximate surface area is 95.2 Å². The molecule has 6 heteroatoms. The van der Waals surface area contributed by atoms with Crippen LogP contribution in [0.5, 0.6) is 0 Å². The summed E-state index contributed by atoms with van der Waals surface area (Å²) in [5.41, 5.74) is -1.31. The van der Waals surface area contributed by atoms with Crippen molar-refractivity contribution in [3.05, 3.63) is 35.1 Å². The maximum atomic E-state index is 12.9. The number of ether oxygens (including phenoxy) is 1. The van der Waals surface area contributed by atoms with Gasteiger partial charge < -0.3 is 4.74 Å². The summed E-state index contributed by atoms with van der Waals surface area (Å²) in [6.07, 6.45) is -5.08. The number of carbonyl (C=O) groups excluding carboxylic acids is 1. The average Bonchev–Trinajstić information content (AvgIpc) is 2.19. The number of hydrogen-bond donors (Lipinski definition) is 0. The highest BCUT2D eigenvalue weighted by Gasteiger charge is 2.34. The first-order chi connectivity index (χ1) is 7.84. The monoisotopic (exact) mass is 250 g/mol. The second-order valence-corrected chi connectivity index (χ2v) is 3.29. The second-order valence-electron chi connectivity index (χ2n) is 3.29. The Bertz CT molecular complexity index is 412. The molecule has 0 fully saturated rings. The Kier molecular flexibility index (Phi) is 4.09. The number of halogens is 4. The fourth-order valence-corrected chi connectivity index (χ4v) is 1.28. The van der Waals surface area contributed by atoms with Crippen LogP contribution in [0.15, 0.2) is 18.2 Å². The zero-order valence-corrected chi connectivity index (χ0v) is 8.97. The minimum atomic E-state index is -4.77. The van der Waals surface area contributed by atoms with E-state index in [1.165, 1.54) is 0 Å². The summed E-state index contributed by atoms with van der Waals surface area (Å²) in [6.45, 7) is 1.73. The van der Waals surface area contributed by atoms with Gasteiger partial charge in [0.25, 0.3) is 0 Å². The molecule has 1 rings (SSSR count). The molecular weight excluding hydrogens is 240 g/mol. The maximum Gasteiger partial charge on any atom is 0.419 e. The predicted molar refractivity (Wildman–Crippen MR) is 51.7 cm³/mol. The Morgan fingerprint density at radius 2 is 2.00 bits per heavy atom. The number of benzene rings is 1. The molecule has 0 aliphatic rings. The highest BCUT2D eigenvalue weighted by Crippen LogP contribution is 2.31. The standard InChI is InChI=1S/C11H10F4O2/c1-2-17-10(16)6-7-3-4-9(12)8(5-7)11(13,14)15/h3-5H,2,6H2,1H3. The molecule has 0 saturated heterocycles. The van der Waals surface area contributed by atoms with Crippen molar-refractivity contribution in [3.63, 3.8) is 0 Å². The lowest BCUT2D eigenvalue weighted by Gasteiger charge is -2.09. The van der Waals surface area contributed by atoms with E-state index >= 15 is 0 Å². The molecule has 0 spiro atoms. The van der Waals surface area contributed by atoms with Gasteiger partial charge in [0.15, 0.2) is 0 Å². The van der Waals surface area contributed by atoms with E-state index in [1.807, 2.05) is 0 Å². The van der Waals surface area contributed by atoms with E-state index in [2.05, 4.69) is 4.74 Å². The zero-order chi connectivity index (χ0) is 13.1. The molecule has 0 unspecified atom stereocenters. The maximum absolute atomic E-state index is 12.9. The van der Waals surface area contributed by atoms with Crippen LogP contribution in [0.4, 0.5) is 17.6 Å². The Hall–Kier alpha value is -1.59. The van der Waals surface area contributed by atoms with Crippen molar-refractivity contribution in [2.24, 2.45) is 0 Å². The smallest absolute Gasteiger partial charge is 0.419 e. The summed E-state index contributed by atoms with van der Waals surface area (Å²) in [4.78, 5) is 11.1. The summed E-state index contributed by atoms with van der Waals surface area (Å²) >= 11 is 0. The molecule has 0 bridgehead atoms. The van der Waals surface area contributed by atoms with Gasteiger partial charge in [0.05, 0.1) is 18.6 Å². The third-order valence-corrected chi connectivity index (χ3v) is 1.99. The molecule has 0 amide bonds. The topological polar surface area (TPSA) is 26.3 Å². The molecular formula is C11H10F4O2. The van der Waals surface area contributed by atoms with Crippen LogP contribution in [-0.4, -0.2) is 12.6 Å². The van der Waals surface area contributed by atoms with E-state index < -0.39 is 23.5 Å². The normalized spacial score (nSPS) is 11.4. The molecule has 0 aliphatic carbocycles. The summed E-state index contributed by atoms with van der Waals surface area (Å²) < 4.78 is 54.6. The van der Waals surface area contributed by atoms with Gasteiger partial charge in [-0.25, -0.2) is 4.39 Å². The van der Waals surface area contributed by atoms with Crippen molar-refractivity contribution in [3.8, 4) is 0 Å². The van der Waals surface area contributed by atoms with E-state index in [1.54, 1.807) is 6.92 Å². The summed E-state index contributed by atoms with van der Waals surface area (Å²) in [7, 11) is 0. The molecule has 0 N–H and O–H groups in total. The van der Waals surface area contributed by atoms with Crippen molar-refractivity contribution >= 4 is 5.97 Å². The number of esters is 1. The molecule has 2 nitrogen and oxygen atoms in total. The molecule has 1 aromatic carbocycles. The number of carbonyl (C=O) groups is 1. The molecule has 1 aromatic rings. The highest BCUT2D eigenvalue weighted by molar-refractivity contribution is 5.72. The third-order valence-electron chi connectivity index (χ3n) is 1.99. The lowest BCUT2D eigenvalue weighted by Crippen LogP contribution is -2.11. The number of rotatable bonds is 3. The van der Waals surface area contributed by atoms with E-state index in [0.29, 0.717) is 12.1 Å². The summed E-state index contributed by atoms with van der Waals surface area (Å²) in [5, 5.41) is 0. The van der Waals surface area contributed by atoms with Gasteiger partial charge in [0.2, 0.25) is 0 Å². The molecule has 0 heterocycles. The van der Waals surface area contributed by atoms with Crippen molar-refractivity contribution in [2.45, 2.75) is 19.5 Å². The predicted octanol–water partition coefficient (Wildman–Crippen LogP) is 2.95. The van der Waals surface area contributed by atoms with Crippen LogP contribution >= 0.6 is 0 Å². The first-order valence-electron chi connectivity index (χ1n) is 4.86. The van der Waals surface area contributed by atoms with Crippen LogP contribution in [0.25, 0.3) is 0 Å². The number of hydrogen-bond acceptors (Lipinski definition) is 2. The van der Waals surface area contributed by atoms with Crippen molar-refractivity contribution in [2.75, 3.05) is 6.61 Å². The molecule has 17 heavy (non-hydrogen) atoms. The molecule has 0 atom stereocenters. The second kappa shape index (κ2) is 5.16. The van der Waals surface area contributed by atoms with Gasteiger partial charge >= 0.3 is 12.1 Å². The zero-order valence-electron chi connectivity index (χ0n) is 8.97. The first-order valence-corrected chi connectivity index (χ1v) is 4.86. The Morgan fingerprint density at radius 3 is 2.53 bits per heavy atom. The number of alkyl halides is 3. The minimum absolute atomic E-state index is 0.0668. The summed E-state index contributed by atoms with van der Waals surface area (Å²) in [5.74, 6) is -2.00. The Morgan fingerprint density at radius 1 is 1.35 bits per heavy atom. The van der Waals surface area contributed by atoms with Crippen molar-refractivity contribution in [1.82, 2.24) is 0 Å². The third kappa shape index (κ3) is 3.72. The van der Waals surface area contributed by atoms with E-state index in [9.17, 15) is 22.4 Å². The lowest BCUT2D eigenvalue weighted by atomic mass is 10.1. The summed E-state index contributed by atoms with van der Waals surface area (Å²) in [6, 6.07) is 2.44. The first kappa shape index (κ1) is 13.5. The molecule has 0 aromatic heterocycles. The molecule has 0 radical (unpaired) electrons. The largest absolute Gasteiger partial charge is 0.466 e. The van der Waals surface area contributed by atoms with Crippen LogP contribution in [-0.2, 0) is 22.1 Å². The van der Waals surface area contributed by atoms with Gasteiger partial charge in [-0.3, -0.25) is 4.79 Å². The van der Waals surface area contributed by atoms with Crippen molar-refractivity contribution < 1.29 is 27.1 Å². The molecule has 94 valence electrons. The van der Waals surface area contributed by atoms with Crippen LogP contribution in [0.2, 0.25) is 0 Å². The molecule has 0 saturated carbocycles. The van der Waals surface area contributed by atoms with Gasteiger partial charge in [-0.05, 0) is 24.6 Å². The average molecular weight is 250 g/mol. The quantitative estimate of drug-likeness (QED) is 0.609. The fraction of sp³-hybridized carbons (Fsp3) is 0.364. The van der Waals surface area contributed by atoms with Gasteiger partial charge in [-0.15, -0.1) is 0 Å². The lowest BCUT2D eigenvalue weighted by molar-refractivity contribution is -0.143. The van der Waals surface area contributed by atoms with Gasteiger partial charge in [-0.2, -0.15) is 13.2 Å². The van der Waals surface area contributed by atoms with Gasteiger partial charge in [-0.1, -0.05) is 6.07 Å². The van der Waals surface area contributed by atoms with Gasteiger partial charge in [0.1, 0.15) is 5.82 Å². The van der Waals surface area contributed by atoms with E-state index in [4.69, 9.17) is 0 Å².